The number of nitrogens with zero attached hydrogens (tertiary/aromatic N) is 2. The van der Waals surface area contributed by atoms with E-state index in [9.17, 15) is 18.0 Å². The zero-order valence-corrected chi connectivity index (χ0v) is 16.1. The number of alkyl halides is 3. The smallest absolute Gasteiger partial charge is 0.306 e. The van der Waals surface area contributed by atoms with E-state index in [0.29, 0.717) is 11.6 Å². The van der Waals surface area contributed by atoms with E-state index in [0.717, 1.165) is 29.8 Å². The Morgan fingerprint density at radius 3 is 2.32 bits per heavy atom. The lowest BCUT2D eigenvalue weighted by Crippen LogP contribution is -2.35. The molecule has 1 heterocycles. The number of benzene rings is 2. The van der Waals surface area contributed by atoms with Crippen LogP contribution in [0.4, 0.5) is 23.7 Å². The molecule has 0 aromatic heterocycles. The average Bonchev–Trinajstić information content (AvgIpc) is 3.00. The van der Waals surface area contributed by atoms with E-state index in [-0.39, 0.29) is 11.1 Å². The SMILES string of the molecule is CCC1(C)CN(C(=O)Nc2ccc(C(F)(F)F)cc2)N=C1c1ccc(Cl)cc1. The van der Waals surface area contributed by atoms with Crippen molar-refractivity contribution in [3.8, 4) is 0 Å². The zero-order valence-electron chi connectivity index (χ0n) is 15.3. The number of hydrogen-bond acceptors (Lipinski definition) is 2. The second-order valence-corrected chi connectivity index (χ2v) is 7.37. The molecule has 0 saturated heterocycles. The summed E-state index contributed by atoms with van der Waals surface area (Å²) in [5, 5.41) is 9.00. The number of carbonyl (C=O) groups is 1. The number of urea groups is 1. The van der Waals surface area contributed by atoms with Crippen molar-refractivity contribution in [3.63, 3.8) is 0 Å². The number of anilines is 1. The molecular formula is C20H19ClF3N3O. The molecule has 1 aliphatic heterocycles. The topological polar surface area (TPSA) is 44.7 Å². The summed E-state index contributed by atoms with van der Waals surface area (Å²) in [5.74, 6) is 0. The van der Waals surface area contributed by atoms with E-state index >= 15 is 0 Å². The molecule has 1 atom stereocenters. The number of hydrogen-bond donors (Lipinski definition) is 1. The van der Waals surface area contributed by atoms with Crippen LogP contribution in [0, 0.1) is 5.41 Å². The van der Waals surface area contributed by atoms with Crippen LogP contribution in [-0.4, -0.2) is 23.3 Å². The average molecular weight is 410 g/mol. The van der Waals surface area contributed by atoms with Gasteiger partial charge in [0.1, 0.15) is 0 Å². The standard InChI is InChI=1S/C20H19ClF3N3O/c1-3-19(2)12-27(26-17(19)13-4-8-15(21)9-5-13)18(28)25-16-10-6-14(7-11-16)20(22,23)24/h4-11H,3,12H2,1-2H3,(H,25,28). The second-order valence-electron chi connectivity index (χ2n) is 6.93. The molecule has 0 spiro atoms. The quantitative estimate of drug-likeness (QED) is 0.661. The first-order chi connectivity index (χ1) is 13.1. The molecule has 2 aromatic rings. The molecule has 0 saturated carbocycles. The van der Waals surface area contributed by atoms with Gasteiger partial charge in [-0.3, -0.25) is 0 Å². The number of nitrogens with one attached hydrogen (secondary N) is 1. The molecule has 2 amide bonds. The van der Waals surface area contributed by atoms with Crippen LogP contribution in [0.5, 0.6) is 0 Å². The lowest BCUT2D eigenvalue weighted by atomic mass is 9.80. The Morgan fingerprint density at radius 2 is 1.79 bits per heavy atom. The van der Waals surface area contributed by atoms with Crippen LogP contribution < -0.4 is 5.32 Å². The Balaban J connectivity index is 1.79. The molecule has 1 N–H and O–H groups in total. The van der Waals surface area contributed by atoms with E-state index in [1.807, 2.05) is 26.0 Å². The largest absolute Gasteiger partial charge is 0.416 e. The predicted molar refractivity (Wildman–Crippen MR) is 104 cm³/mol. The summed E-state index contributed by atoms with van der Waals surface area (Å²) < 4.78 is 38.0. The molecule has 1 aliphatic rings. The Labute approximate surface area is 166 Å². The van der Waals surface area contributed by atoms with E-state index in [1.165, 1.54) is 17.1 Å². The van der Waals surface area contributed by atoms with Crippen LogP contribution in [-0.2, 0) is 6.18 Å². The Hall–Kier alpha value is -2.54. The molecule has 3 rings (SSSR count). The van der Waals surface area contributed by atoms with Gasteiger partial charge >= 0.3 is 12.2 Å². The van der Waals surface area contributed by atoms with Gasteiger partial charge in [-0.25, -0.2) is 9.80 Å². The fraction of sp³-hybridized carbons (Fsp3) is 0.300. The first-order valence-electron chi connectivity index (χ1n) is 8.73. The maximum absolute atomic E-state index is 12.7. The molecule has 0 fully saturated rings. The van der Waals surface area contributed by atoms with Crippen molar-refractivity contribution in [2.24, 2.45) is 10.5 Å². The molecule has 148 valence electrons. The minimum absolute atomic E-state index is 0.270. The molecule has 0 bridgehead atoms. The summed E-state index contributed by atoms with van der Waals surface area (Å²) in [4.78, 5) is 12.6. The maximum atomic E-state index is 12.7. The third-order valence-electron chi connectivity index (χ3n) is 4.89. The van der Waals surface area contributed by atoms with Crippen molar-refractivity contribution >= 4 is 29.0 Å². The van der Waals surface area contributed by atoms with E-state index in [4.69, 9.17) is 11.6 Å². The van der Waals surface area contributed by atoms with Crippen LogP contribution >= 0.6 is 11.6 Å². The fourth-order valence-electron chi connectivity index (χ4n) is 3.02. The van der Waals surface area contributed by atoms with Crippen LogP contribution in [0.1, 0.15) is 31.4 Å². The number of carbonyl (C=O) groups excluding carboxylic acids is 1. The highest BCUT2D eigenvalue weighted by molar-refractivity contribution is 6.30. The Bertz CT molecular complexity index is 894. The summed E-state index contributed by atoms with van der Waals surface area (Å²) in [6.45, 7) is 4.41. The Morgan fingerprint density at radius 1 is 1.18 bits per heavy atom. The van der Waals surface area contributed by atoms with Crippen LogP contribution in [0.15, 0.2) is 53.6 Å². The minimum Gasteiger partial charge on any atom is -0.306 e. The first-order valence-corrected chi connectivity index (χ1v) is 9.11. The predicted octanol–water partition coefficient (Wildman–Crippen LogP) is 6.03. The van der Waals surface area contributed by atoms with Crippen LogP contribution in [0.25, 0.3) is 0 Å². The third kappa shape index (κ3) is 4.14. The number of rotatable bonds is 3. The highest BCUT2D eigenvalue weighted by atomic mass is 35.5. The van der Waals surface area contributed by atoms with Crippen molar-refractivity contribution in [1.29, 1.82) is 0 Å². The molecular weight excluding hydrogens is 391 g/mol. The summed E-state index contributed by atoms with van der Waals surface area (Å²) >= 11 is 5.95. The third-order valence-corrected chi connectivity index (χ3v) is 5.14. The summed E-state index contributed by atoms with van der Waals surface area (Å²) in [7, 11) is 0. The van der Waals surface area contributed by atoms with Crippen molar-refractivity contribution < 1.29 is 18.0 Å². The van der Waals surface area contributed by atoms with Gasteiger partial charge in [-0.05, 0) is 48.4 Å². The molecule has 1 unspecified atom stereocenters. The van der Waals surface area contributed by atoms with Gasteiger partial charge in [0.2, 0.25) is 0 Å². The molecule has 0 radical (unpaired) electrons. The van der Waals surface area contributed by atoms with E-state index in [1.54, 1.807) is 12.1 Å². The van der Waals surface area contributed by atoms with Gasteiger partial charge in [0.25, 0.3) is 0 Å². The molecule has 4 nitrogen and oxygen atoms in total. The minimum atomic E-state index is -4.42. The Kier molecular flexibility index (Phi) is 5.39. The van der Waals surface area contributed by atoms with Gasteiger partial charge < -0.3 is 5.32 Å². The molecule has 28 heavy (non-hydrogen) atoms. The summed E-state index contributed by atoms with van der Waals surface area (Å²) in [6, 6.07) is 11.0. The van der Waals surface area contributed by atoms with Crippen molar-refractivity contribution in [3.05, 3.63) is 64.7 Å². The van der Waals surface area contributed by atoms with Crippen LogP contribution in [0.3, 0.4) is 0 Å². The number of amides is 2. The molecule has 8 heteroatoms. The highest BCUT2D eigenvalue weighted by Crippen LogP contribution is 2.35. The molecule has 2 aromatic carbocycles. The van der Waals surface area contributed by atoms with E-state index in [2.05, 4.69) is 10.4 Å². The normalized spacial score (nSPS) is 19.5. The number of halogens is 4. The van der Waals surface area contributed by atoms with Gasteiger partial charge in [0.05, 0.1) is 17.8 Å². The maximum Gasteiger partial charge on any atom is 0.416 e. The van der Waals surface area contributed by atoms with Crippen molar-refractivity contribution in [1.82, 2.24) is 5.01 Å². The first kappa shape index (κ1) is 20.2. The summed E-state index contributed by atoms with van der Waals surface area (Å²) in [6.07, 6.45) is -3.66. The van der Waals surface area contributed by atoms with Gasteiger partial charge in [0.15, 0.2) is 0 Å². The zero-order chi connectivity index (χ0) is 20.5. The van der Waals surface area contributed by atoms with Crippen molar-refractivity contribution in [2.45, 2.75) is 26.4 Å². The van der Waals surface area contributed by atoms with Gasteiger partial charge in [-0.15, -0.1) is 0 Å². The lowest BCUT2D eigenvalue weighted by molar-refractivity contribution is -0.137. The van der Waals surface area contributed by atoms with Gasteiger partial charge in [-0.1, -0.05) is 37.6 Å². The molecule has 0 aliphatic carbocycles. The lowest BCUT2D eigenvalue weighted by Gasteiger charge is -2.24. The van der Waals surface area contributed by atoms with Gasteiger partial charge in [0, 0.05) is 16.1 Å². The second kappa shape index (κ2) is 7.47. The highest BCUT2D eigenvalue weighted by Gasteiger charge is 2.40. The van der Waals surface area contributed by atoms with Crippen LogP contribution in [0.2, 0.25) is 5.02 Å². The van der Waals surface area contributed by atoms with Crippen molar-refractivity contribution in [2.75, 3.05) is 11.9 Å². The monoisotopic (exact) mass is 409 g/mol. The fourth-order valence-corrected chi connectivity index (χ4v) is 3.15. The van der Waals surface area contributed by atoms with E-state index < -0.39 is 17.8 Å². The summed E-state index contributed by atoms with van der Waals surface area (Å²) in [5.41, 5.74) is 0.804. The van der Waals surface area contributed by atoms with Gasteiger partial charge in [-0.2, -0.15) is 18.3 Å². The number of hydrazone groups is 1.